The van der Waals surface area contributed by atoms with E-state index in [2.05, 4.69) is 15.0 Å². The van der Waals surface area contributed by atoms with E-state index < -0.39 is 15.9 Å². The molecule has 8 heteroatoms. The molecular formula is C21H17N3O3S2. The van der Waals surface area contributed by atoms with Crippen LogP contribution in [0.3, 0.4) is 0 Å². The largest absolute Gasteiger partial charge is 0.298 e. The quantitative estimate of drug-likeness (QED) is 0.505. The minimum absolute atomic E-state index is 0.00931. The maximum absolute atomic E-state index is 12.7. The van der Waals surface area contributed by atoms with Gasteiger partial charge in [0.25, 0.3) is 5.91 Å². The number of anilines is 1. The molecule has 0 saturated heterocycles. The molecular weight excluding hydrogens is 406 g/mol. The first-order chi connectivity index (χ1) is 14.0. The molecule has 1 aliphatic carbocycles. The smallest absolute Gasteiger partial charge is 0.257 e. The summed E-state index contributed by atoms with van der Waals surface area (Å²) in [5, 5.41) is 5.39. The van der Waals surface area contributed by atoms with E-state index in [-0.39, 0.29) is 16.5 Å². The van der Waals surface area contributed by atoms with E-state index in [1.807, 2.05) is 36.4 Å². The summed E-state index contributed by atoms with van der Waals surface area (Å²) in [6.07, 6.45) is 1.71. The van der Waals surface area contributed by atoms with Crippen molar-refractivity contribution >= 4 is 53.4 Å². The average molecular weight is 424 g/mol. The zero-order valence-corrected chi connectivity index (χ0v) is 16.9. The Morgan fingerprint density at radius 3 is 2.69 bits per heavy atom. The molecule has 0 atom stereocenters. The average Bonchev–Trinajstić information content (AvgIpc) is 3.43. The number of benzene rings is 3. The monoisotopic (exact) mass is 423 g/mol. The van der Waals surface area contributed by atoms with Crippen molar-refractivity contribution in [2.45, 2.75) is 23.8 Å². The lowest BCUT2D eigenvalue weighted by molar-refractivity contribution is 0.102. The van der Waals surface area contributed by atoms with Crippen molar-refractivity contribution in [2.24, 2.45) is 0 Å². The number of thiazole rings is 1. The molecule has 2 N–H and O–H groups in total. The molecule has 1 heterocycles. The molecule has 0 bridgehead atoms. The highest BCUT2D eigenvalue weighted by Gasteiger charge is 2.28. The number of amides is 1. The first kappa shape index (κ1) is 18.2. The minimum Gasteiger partial charge on any atom is -0.298 e. The van der Waals surface area contributed by atoms with E-state index in [0.29, 0.717) is 5.13 Å². The third-order valence-electron chi connectivity index (χ3n) is 4.81. The number of hydrogen-bond donors (Lipinski definition) is 2. The van der Waals surface area contributed by atoms with Crippen LogP contribution in [0.25, 0.3) is 21.0 Å². The van der Waals surface area contributed by atoms with Crippen LogP contribution < -0.4 is 10.0 Å². The van der Waals surface area contributed by atoms with Gasteiger partial charge in [0.1, 0.15) is 0 Å². The van der Waals surface area contributed by atoms with Crippen LogP contribution in [-0.2, 0) is 10.0 Å². The number of aromatic nitrogens is 1. The Kier molecular flexibility index (Phi) is 4.34. The number of carbonyl (C=O) groups is 1. The number of nitrogens with zero attached hydrogens (tertiary/aromatic N) is 1. The van der Waals surface area contributed by atoms with E-state index in [1.165, 1.54) is 23.5 Å². The fraction of sp³-hybridized carbons (Fsp3) is 0.143. The van der Waals surface area contributed by atoms with E-state index in [9.17, 15) is 13.2 Å². The Balaban J connectivity index is 1.43. The Hall–Kier alpha value is -2.81. The maximum Gasteiger partial charge on any atom is 0.257 e. The van der Waals surface area contributed by atoms with Crippen LogP contribution in [0.15, 0.2) is 65.6 Å². The SMILES string of the molecule is O=C(Nc1nc2c(ccc3ccccc32)s1)c1cccc(S(=O)(=O)NC2CC2)c1. The molecule has 1 saturated carbocycles. The highest BCUT2D eigenvalue weighted by molar-refractivity contribution is 7.89. The second-order valence-electron chi connectivity index (χ2n) is 7.03. The van der Waals surface area contributed by atoms with Gasteiger partial charge in [0.2, 0.25) is 10.0 Å². The lowest BCUT2D eigenvalue weighted by Crippen LogP contribution is -2.26. The van der Waals surface area contributed by atoms with Gasteiger partial charge in [-0.25, -0.2) is 18.1 Å². The minimum atomic E-state index is -3.61. The van der Waals surface area contributed by atoms with Crippen LogP contribution in [0.5, 0.6) is 0 Å². The first-order valence-corrected chi connectivity index (χ1v) is 11.5. The van der Waals surface area contributed by atoms with Crippen LogP contribution in [-0.4, -0.2) is 25.4 Å². The second kappa shape index (κ2) is 6.91. The zero-order chi connectivity index (χ0) is 20.0. The van der Waals surface area contributed by atoms with Crippen LogP contribution >= 0.6 is 11.3 Å². The van der Waals surface area contributed by atoms with Crippen molar-refractivity contribution in [3.05, 3.63) is 66.2 Å². The van der Waals surface area contributed by atoms with Gasteiger partial charge in [-0.15, -0.1) is 0 Å². The number of carbonyl (C=O) groups excluding carboxylic acids is 1. The summed E-state index contributed by atoms with van der Waals surface area (Å²) in [4.78, 5) is 17.4. The lowest BCUT2D eigenvalue weighted by Gasteiger charge is -2.07. The first-order valence-electron chi connectivity index (χ1n) is 9.22. The molecule has 0 aliphatic heterocycles. The molecule has 6 nitrogen and oxygen atoms in total. The van der Waals surface area contributed by atoms with Crippen molar-refractivity contribution in [3.63, 3.8) is 0 Å². The predicted molar refractivity (Wildman–Crippen MR) is 115 cm³/mol. The molecule has 1 fully saturated rings. The Morgan fingerprint density at radius 1 is 1.03 bits per heavy atom. The fourth-order valence-electron chi connectivity index (χ4n) is 3.18. The van der Waals surface area contributed by atoms with Gasteiger partial charge in [-0.2, -0.15) is 0 Å². The van der Waals surface area contributed by atoms with Crippen LogP contribution in [0.1, 0.15) is 23.2 Å². The summed E-state index contributed by atoms with van der Waals surface area (Å²) in [5.74, 6) is -0.392. The van der Waals surface area contributed by atoms with Gasteiger partial charge in [-0.1, -0.05) is 47.7 Å². The van der Waals surface area contributed by atoms with E-state index >= 15 is 0 Å². The summed E-state index contributed by atoms with van der Waals surface area (Å²) >= 11 is 1.39. The number of fused-ring (bicyclic) bond motifs is 3. The third kappa shape index (κ3) is 3.62. The maximum atomic E-state index is 12.7. The van der Waals surface area contributed by atoms with Gasteiger partial charge < -0.3 is 0 Å². The number of nitrogens with one attached hydrogen (secondary N) is 2. The van der Waals surface area contributed by atoms with Crippen LogP contribution in [0, 0.1) is 0 Å². The van der Waals surface area contributed by atoms with Crippen molar-refractivity contribution in [3.8, 4) is 0 Å². The van der Waals surface area contributed by atoms with Crippen molar-refractivity contribution < 1.29 is 13.2 Å². The molecule has 0 unspecified atom stereocenters. The van der Waals surface area contributed by atoms with E-state index in [1.54, 1.807) is 12.1 Å². The fourth-order valence-corrected chi connectivity index (χ4v) is 5.40. The highest BCUT2D eigenvalue weighted by Crippen LogP contribution is 2.32. The molecule has 0 radical (unpaired) electrons. The summed E-state index contributed by atoms with van der Waals surface area (Å²) in [7, 11) is -3.61. The molecule has 29 heavy (non-hydrogen) atoms. The summed E-state index contributed by atoms with van der Waals surface area (Å²) < 4.78 is 28.4. The van der Waals surface area contributed by atoms with E-state index in [0.717, 1.165) is 33.8 Å². The predicted octanol–water partition coefficient (Wildman–Crippen LogP) is 4.14. The molecule has 4 aromatic rings. The van der Waals surface area contributed by atoms with Gasteiger partial charge >= 0.3 is 0 Å². The highest BCUT2D eigenvalue weighted by atomic mass is 32.2. The van der Waals surface area contributed by atoms with Gasteiger partial charge in [-0.3, -0.25) is 10.1 Å². The summed E-state index contributed by atoms with van der Waals surface area (Å²) in [5.41, 5.74) is 1.11. The zero-order valence-electron chi connectivity index (χ0n) is 15.3. The van der Waals surface area contributed by atoms with Gasteiger partial charge in [-0.05, 0) is 42.5 Å². The Labute approximate surface area is 171 Å². The second-order valence-corrected chi connectivity index (χ2v) is 9.77. The normalized spacial score (nSPS) is 14.3. The Morgan fingerprint density at radius 2 is 1.86 bits per heavy atom. The molecule has 5 rings (SSSR count). The lowest BCUT2D eigenvalue weighted by atomic mass is 10.1. The van der Waals surface area contributed by atoms with Crippen molar-refractivity contribution in [1.82, 2.24) is 9.71 Å². The number of sulfonamides is 1. The van der Waals surface area contributed by atoms with Crippen molar-refractivity contribution in [2.75, 3.05) is 5.32 Å². The third-order valence-corrected chi connectivity index (χ3v) is 7.26. The number of hydrogen-bond acceptors (Lipinski definition) is 5. The van der Waals surface area contributed by atoms with Crippen LogP contribution in [0.2, 0.25) is 0 Å². The summed E-state index contributed by atoms with van der Waals surface area (Å²) in [6.45, 7) is 0. The van der Waals surface area contributed by atoms with Crippen LogP contribution in [0.4, 0.5) is 5.13 Å². The molecule has 1 amide bonds. The van der Waals surface area contributed by atoms with Gasteiger partial charge in [0, 0.05) is 17.0 Å². The molecule has 3 aromatic carbocycles. The topological polar surface area (TPSA) is 88.2 Å². The molecule has 1 aliphatic rings. The molecule has 0 spiro atoms. The molecule has 1 aromatic heterocycles. The van der Waals surface area contributed by atoms with E-state index in [4.69, 9.17) is 0 Å². The van der Waals surface area contributed by atoms with Gasteiger partial charge in [0.15, 0.2) is 5.13 Å². The van der Waals surface area contributed by atoms with Crippen molar-refractivity contribution in [1.29, 1.82) is 0 Å². The summed E-state index contributed by atoms with van der Waals surface area (Å²) in [6, 6.07) is 18.0. The van der Waals surface area contributed by atoms with Gasteiger partial charge in [0.05, 0.1) is 15.1 Å². The molecule has 146 valence electrons. The standard InChI is InChI=1S/C21H17N3O3S2/c25-20(14-5-3-6-16(12-14)29(26,27)24-15-9-10-15)23-21-22-19-17-7-2-1-4-13(17)8-11-18(19)28-21/h1-8,11-12,15,24H,9-10H2,(H,22,23,25). The number of rotatable bonds is 5. The Bertz CT molecular complexity index is 1360.